The second-order valence-electron chi connectivity index (χ2n) is 3.34. The van der Waals surface area contributed by atoms with Crippen LogP contribution >= 0.6 is 11.6 Å². The molecule has 0 saturated heterocycles. The highest BCUT2D eigenvalue weighted by atomic mass is 35.5. The van der Waals surface area contributed by atoms with Crippen molar-refractivity contribution in [3.05, 3.63) is 28.5 Å². The van der Waals surface area contributed by atoms with Crippen LogP contribution in [0.1, 0.15) is 29.9 Å². The molecule has 2 rings (SSSR count). The second kappa shape index (κ2) is 3.46. The van der Waals surface area contributed by atoms with E-state index < -0.39 is 0 Å². The number of aryl methyl sites for hydroxylation is 1. The summed E-state index contributed by atoms with van der Waals surface area (Å²) in [6.07, 6.45) is 5.77. The molecule has 68 valence electrons. The number of carbonyl (C=O) groups is 1. The Bertz CT molecular complexity index is 338. The molecule has 0 aliphatic heterocycles. The van der Waals surface area contributed by atoms with Crippen LogP contribution in [0.15, 0.2) is 12.3 Å². The molecule has 1 aromatic heterocycles. The van der Waals surface area contributed by atoms with E-state index in [4.69, 9.17) is 11.6 Å². The van der Waals surface area contributed by atoms with Gasteiger partial charge in [0.15, 0.2) is 0 Å². The molecule has 0 amide bonds. The number of aromatic nitrogens is 1. The Morgan fingerprint density at radius 1 is 1.62 bits per heavy atom. The molecule has 1 heterocycles. The topological polar surface area (TPSA) is 30.0 Å². The van der Waals surface area contributed by atoms with Gasteiger partial charge in [-0.3, -0.25) is 0 Å². The molecular formula is C10H10ClNO. The Morgan fingerprint density at radius 3 is 3.23 bits per heavy atom. The molecule has 3 heteroatoms. The van der Waals surface area contributed by atoms with Gasteiger partial charge in [-0.2, -0.15) is 0 Å². The molecule has 0 fully saturated rings. The summed E-state index contributed by atoms with van der Waals surface area (Å²) in [5.41, 5.74) is 2.24. The molecule has 0 aromatic carbocycles. The SMILES string of the molecule is O=CC1CCCc2cc(Cl)ncc21. The van der Waals surface area contributed by atoms with Crippen LogP contribution in [-0.4, -0.2) is 11.3 Å². The summed E-state index contributed by atoms with van der Waals surface area (Å²) >= 11 is 5.77. The van der Waals surface area contributed by atoms with E-state index in [0.29, 0.717) is 5.15 Å². The average molecular weight is 196 g/mol. The lowest BCUT2D eigenvalue weighted by atomic mass is 9.85. The van der Waals surface area contributed by atoms with Gasteiger partial charge in [0.05, 0.1) is 0 Å². The minimum Gasteiger partial charge on any atom is -0.303 e. The van der Waals surface area contributed by atoms with Crippen LogP contribution in [0.2, 0.25) is 5.15 Å². The van der Waals surface area contributed by atoms with Crippen molar-refractivity contribution >= 4 is 17.9 Å². The van der Waals surface area contributed by atoms with Gasteiger partial charge in [-0.25, -0.2) is 4.98 Å². The molecule has 0 radical (unpaired) electrons. The first kappa shape index (κ1) is 8.70. The Morgan fingerprint density at radius 2 is 2.46 bits per heavy atom. The number of pyridine rings is 1. The van der Waals surface area contributed by atoms with E-state index in [1.165, 1.54) is 5.56 Å². The first-order chi connectivity index (χ1) is 6.31. The van der Waals surface area contributed by atoms with Gasteiger partial charge in [0.1, 0.15) is 11.4 Å². The molecule has 0 saturated carbocycles. The van der Waals surface area contributed by atoms with Crippen LogP contribution in [0.25, 0.3) is 0 Å². The van der Waals surface area contributed by atoms with Crippen molar-refractivity contribution in [2.24, 2.45) is 0 Å². The first-order valence-electron chi connectivity index (χ1n) is 4.41. The lowest BCUT2D eigenvalue weighted by molar-refractivity contribution is -0.109. The zero-order valence-corrected chi connectivity index (χ0v) is 7.92. The fraction of sp³-hybridized carbons (Fsp3) is 0.400. The third kappa shape index (κ3) is 1.59. The number of nitrogens with zero attached hydrogens (tertiary/aromatic N) is 1. The predicted octanol–water partition coefficient (Wildman–Crippen LogP) is 2.35. The van der Waals surface area contributed by atoms with E-state index in [-0.39, 0.29) is 5.92 Å². The molecule has 1 unspecified atom stereocenters. The van der Waals surface area contributed by atoms with Gasteiger partial charge in [0.25, 0.3) is 0 Å². The number of hydrogen-bond donors (Lipinski definition) is 0. The Labute approximate surface area is 81.9 Å². The minimum absolute atomic E-state index is 0.0357. The van der Waals surface area contributed by atoms with Crippen LogP contribution < -0.4 is 0 Å². The fourth-order valence-corrected chi connectivity index (χ4v) is 2.02. The van der Waals surface area contributed by atoms with Gasteiger partial charge in [-0.1, -0.05) is 11.6 Å². The Hall–Kier alpha value is -0.890. The van der Waals surface area contributed by atoms with Gasteiger partial charge in [-0.15, -0.1) is 0 Å². The molecular weight excluding hydrogens is 186 g/mol. The maximum Gasteiger partial charge on any atom is 0.129 e. The lowest BCUT2D eigenvalue weighted by Crippen LogP contribution is -2.11. The van der Waals surface area contributed by atoms with Crippen molar-refractivity contribution in [2.45, 2.75) is 25.2 Å². The molecule has 0 N–H and O–H groups in total. The molecule has 1 aliphatic carbocycles. The largest absolute Gasteiger partial charge is 0.303 e. The van der Waals surface area contributed by atoms with Gasteiger partial charge in [-0.05, 0) is 36.5 Å². The molecule has 0 spiro atoms. The zero-order valence-electron chi connectivity index (χ0n) is 7.16. The fourth-order valence-electron chi connectivity index (χ4n) is 1.84. The van der Waals surface area contributed by atoms with Crippen molar-refractivity contribution < 1.29 is 4.79 Å². The van der Waals surface area contributed by atoms with Crippen LogP contribution in [0.3, 0.4) is 0 Å². The number of fused-ring (bicyclic) bond motifs is 1. The summed E-state index contributed by atoms with van der Waals surface area (Å²) in [6.45, 7) is 0. The second-order valence-corrected chi connectivity index (χ2v) is 3.73. The first-order valence-corrected chi connectivity index (χ1v) is 4.78. The summed E-state index contributed by atoms with van der Waals surface area (Å²) in [5.74, 6) is 0.0357. The Balaban J connectivity index is 2.45. The summed E-state index contributed by atoms with van der Waals surface area (Å²) in [6, 6.07) is 1.87. The highest BCUT2D eigenvalue weighted by Crippen LogP contribution is 2.30. The third-order valence-electron chi connectivity index (χ3n) is 2.52. The highest BCUT2D eigenvalue weighted by molar-refractivity contribution is 6.29. The lowest BCUT2D eigenvalue weighted by Gasteiger charge is -2.20. The number of aldehydes is 1. The molecule has 1 aromatic rings. The number of halogens is 1. The van der Waals surface area contributed by atoms with E-state index >= 15 is 0 Å². The third-order valence-corrected chi connectivity index (χ3v) is 2.72. The zero-order chi connectivity index (χ0) is 9.26. The van der Waals surface area contributed by atoms with Gasteiger partial charge < -0.3 is 4.79 Å². The van der Waals surface area contributed by atoms with E-state index in [9.17, 15) is 4.79 Å². The van der Waals surface area contributed by atoms with Gasteiger partial charge in [0, 0.05) is 12.1 Å². The molecule has 13 heavy (non-hydrogen) atoms. The molecule has 1 aliphatic rings. The monoisotopic (exact) mass is 195 g/mol. The van der Waals surface area contributed by atoms with E-state index in [1.54, 1.807) is 6.20 Å². The minimum atomic E-state index is 0.0357. The summed E-state index contributed by atoms with van der Waals surface area (Å²) in [4.78, 5) is 14.7. The maximum absolute atomic E-state index is 10.7. The smallest absolute Gasteiger partial charge is 0.129 e. The van der Waals surface area contributed by atoms with Crippen LogP contribution in [0.5, 0.6) is 0 Å². The van der Waals surface area contributed by atoms with E-state index in [1.807, 2.05) is 6.07 Å². The number of hydrogen-bond acceptors (Lipinski definition) is 2. The van der Waals surface area contributed by atoms with Crippen molar-refractivity contribution in [1.29, 1.82) is 0 Å². The van der Waals surface area contributed by atoms with Crippen molar-refractivity contribution in [3.63, 3.8) is 0 Å². The summed E-state index contributed by atoms with van der Waals surface area (Å²) in [5, 5.41) is 0.519. The van der Waals surface area contributed by atoms with Crippen LogP contribution in [0, 0.1) is 0 Å². The summed E-state index contributed by atoms with van der Waals surface area (Å²) in [7, 11) is 0. The molecule has 0 bridgehead atoms. The van der Waals surface area contributed by atoms with Crippen molar-refractivity contribution in [2.75, 3.05) is 0 Å². The Kier molecular flexibility index (Phi) is 2.32. The molecule has 2 nitrogen and oxygen atoms in total. The van der Waals surface area contributed by atoms with Crippen LogP contribution in [0.4, 0.5) is 0 Å². The predicted molar refractivity (Wildman–Crippen MR) is 51.0 cm³/mol. The van der Waals surface area contributed by atoms with Crippen molar-refractivity contribution in [1.82, 2.24) is 4.98 Å². The van der Waals surface area contributed by atoms with E-state index in [2.05, 4.69) is 4.98 Å². The highest BCUT2D eigenvalue weighted by Gasteiger charge is 2.19. The van der Waals surface area contributed by atoms with Crippen LogP contribution in [-0.2, 0) is 11.2 Å². The average Bonchev–Trinajstić information content (AvgIpc) is 2.16. The number of rotatable bonds is 1. The van der Waals surface area contributed by atoms with Crippen molar-refractivity contribution in [3.8, 4) is 0 Å². The van der Waals surface area contributed by atoms with Gasteiger partial charge in [0.2, 0.25) is 0 Å². The normalized spacial score (nSPS) is 20.8. The number of carbonyl (C=O) groups excluding carboxylic acids is 1. The quantitative estimate of drug-likeness (QED) is 0.509. The summed E-state index contributed by atoms with van der Waals surface area (Å²) < 4.78 is 0. The van der Waals surface area contributed by atoms with Gasteiger partial charge >= 0.3 is 0 Å². The standard InChI is InChI=1S/C10H10ClNO/c11-10-4-7-2-1-3-8(6-13)9(7)5-12-10/h4-6,8H,1-3H2. The van der Waals surface area contributed by atoms with E-state index in [0.717, 1.165) is 31.1 Å². The maximum atomic E-state index is 10.7. The molecule has 1 atom stereocenters.